The molecule has 1 aromatic carbocycles. The average molecular weight is 394 g/mol. The van der Waals surface area contributed by atoms with Crippen LogP contribution in [-0.4, -0.2) is 56.7 Å². The zero-order valence-electron chi connectivity index (χ0n) is 16.4. The van der Waals surface area contributed by atoms with Gasteiger partial charge in [0.05, 0.1) is 17.3 Å². The van der Waals surface area contributed by atoms with Crippen molar-refractivity contribution in [1.29, 1.82) is 0 Å². The van der Waals surface area contributed by atoms with Gasteiger partial charge in [-0.2, -0.15) is 5.10 Å². The monoisotopic (exact) mass is 394 g/mol. The minimum Gasteiger partial charge on any atom is -0.352 e. The summed E-state index contributed by atoms with van der Waals surface area (Å²) in [7, 11) is 0. The molecule has 2 aliphatic rings. The van der Waals surface area contributed by atoms with E-state index in [9.17, 15) is 9.18 Å². The van der Waals surface area contributed by atoms with Crippen molar-refractivity contribution in [2.75, 3.05) is 31.1 Å². The second-order valence-corrected chi connectivity index (χ2v) is 7.80. The quantitative estimate of drug-likeness (QED) is 0.683. The lowest BCUT2D eigenvalue weighted by Gasteiger charge is -2.38. The van der Waals surface area contributed by atoms with Crippen molar-refractivity contribution in [1.82, 2.24) is 24.6 Å². The molecular formula is C21H23FN6O. The van der Waals surface area contributed by atoms with Crippen molar-refractivity contribution in [3.8, 4) is 5.69 Å². The molecule has 1 aliphatic carbocycles. The van der Waals surface area contributed by atoms with Gasteiger partial charge in [0.1, 0.15) is 17.5 Å². The fourth-order valence-corrected chi connectivity index (χ4v) is 4.06. The number of amides is 1. The summed E-state index contributed by atoms with van der Waals surface area (Å²) in [4.78, 5) is 26.0. The van der Waals surface area contributed by atoms with Crippen LogP contribution in [0.5, 0.6) is 0 Å². The van der Waals surface area contributed by atoms with Crippen LogP contribution in [0.3, 0.4) is 0 Å². The van der Waals surface area contributed by atoms with Crippen molar-refractivity contribution in [2.45, 2.75) is 26.2 Å². The Balaban J connectivity index is 1.42. The average Bonchev–Trinajstić information content (AvgIpc) is 3.10. The molecule has 2 aromatic heterocycles. The van der Waals surface area contributed by atoms with Crippen LogP contribution in [0.1, 0.15) is 25.1 Å². The number of fused-ring (bicyclic) bond motifs is 1. The van der Waals surface area contributed by atoms with Crippen LogP contribution in [0, 0.1) is 18.7 Å². The highest BCUT2D eigenvalue weighted by atomic mass is 19.1. The molecule has 3 heterocycles. The molecular weight excluding hydrogens is 371 g/mol. The number of aromatic nitrogens is 4. The number of aryl methyl sites for hydroxylation is 1. The van der Waals surface area contributed by atoms with Crippen LogP contribution in [0.2, 0.25) is 0 Å². The Kier molecular flexibility index (Phi) is 4.41. The van der Waals surface area contributed by atoms with Gasteiger partial charge in [-0.1, -0.05) is 6.42 Å². The molecule has 29 heavy (non-hydrogen) atoms. The SMILES string of the molecule is Cc1nc(N2CCN(C(=O)C3CCC3)CC2)c2cnn(-c3ccc(F)cc3)c2n1. The van der Waals surface area contributed by atoms with Gasteiger partial charge in [0.25, 0.3) is 0 Å². The minimum absolute atomic E-state index is 0.239. The molecule has 8 heteroatoms. The first-order valence-corrected chi connectivity index (χ1v) is 10.1. The van der Waals surface area contributed by atoms with Gasteiger partial charge in [0, 0.05) is 32.1 Å². The lowest BCUT2D eigenvalue weighted by atomic mass is 9.84. The number of carbonyl (C=O) groups excluding carboxylic acids is 1. The summed E-state index contributed by atoms with van der Waals surface area (Å²) in [6.07, 6.45) is 5.01. The van der Waals surface area contributed by atoms with Crippen molar-refractivity contribution in [3.63, 3.8) is 0 Å². The summed E-state index contributed by atoms with van der Waals surface area (Å²) in [6.45, 7) is 4.77. The zero-order chi connectivity index (χ0) is 20.0. The molecule has 1 amide bonds. The number of nitrogens with zero attached hydrogens (tertiary/aromatic N) is 6. The molecule has 0 atom stereocenters. The lowest BCUT2D eigenvalue weighted by molar-refractivity contribution is -0.138. The maximum absolute atomic E-state index is 13.3. The van der Waals surface area contributed by atoms with E-state index in [1.807, 2.05) is 11.8 Å². The summed E-state index contributed by atoms with van der Waals surface area (Å²) in [5.41, 5.74) is 1.45. The van der Waals surface area contributed by atoms with Crippen molar-refractivity contribution in [2.24, 2.45) is 5.92 Å². The number of hydrogen-bond acceptors (Lipinski definition) is 5. The molecule has 1 aliphatic heterocycles. The van der Waals surface area contributed by atoms with Crippen molar-refractivity contribution in [3.05, 3.63) is 42.1 Å². The molecule has 1 saturated heterocycles. The number of carbonyl (C=O) groups is 1. The minimum atomic E-state index is -0.286. The molecule has 3 aromatic rings. The molecule has 0 radical (unpaired) electrons. The number of halogens is 1. The van der Waals surface area contributed by atoms with Crippen LogP contribution in [0.15, 0.2) is 30.5 Å². The van der Waals surface area contributed by atoms with Crippen LogP contribution >= 0.6 is 0 Å². The first-order valence-electron chi connectivity index (χ1n) is 10.1. The van der Waals surface area contributed by atoms with Gasteiger partial charge in [-0.3, -0.25) is 4.79 Å². The molecule has 1 saturated carbocycles. The third-order valence-corrected chi connectivity index (χ3v) is 5.94. The van der Waals surface area contributed by atoms with Gasteiger partial charge in [-0.15, -0.1) is 0 Å². The summed E-state index contributed by atoms with van der Waals surface area (Å²) in [6, 6.07) is 6.19. The van der Waals surface area contributed by atoms with Gasteiger partial charge in [0.2, 0.25) is 5.91 Å². The lowest BCUT2D eigenvalue weighted by Crippen LogP contribution is -2.51. The number of anilines is 1. The fourth-order valence-electron chi connectivity index (χ4n) is 4.06. The van der Waals surface area contributed by atoms with Crippen molar-refractivity contribution >= 4 is 22.8 Å². The van der Waals surface area contributed by atoms with E-state index in [0.29, 0.717) is 30.5 Å². The molecule has 0 N–H and O–H groups in total. The van der Waals surface area contributed by atoms with Crippen LogP contribution in [0.4, 0.5) is 10.2 Å². The molecule has 0 spiro atoms. The third kappa shape index (κ3) is 3.22. The van der Waals surface area contributed by atoms with E-state index in [1.54, 1.807) is 23.0 Å². The standard InChI is InChI=1S/C21H23FN6O/c1-14-24-19(26-9-11-27(12-10-26)21(29)15-3-2-4-15)18-13-23-28(20(18)25-14)17-7-5-16(22)6-8-17/h5-8,13,15H,2-4,9-12H2,1H3. The Morgan fingerprint density at radius 1 is 1.07 bits per heavy atom. The smallest absolute Gasteiger partial charge is 0.225 e. The fraction of sp³-hybridized carbons (Fsp3) is 0.429. The van der Waals surface area contributed by atoms with E-state index in [4.69, 9.17) is 0 Å². The molecule has 2 fully saturated rings. The number of hydrogen-bond donors (Lipinski definition) is 0. The van der Waals surface area contributed by atoms with Gasteiger partial charge in [-0.25, -0.2) is 19.0 Å². The molecule has 150 valence electrons. The van der Waals surface area contributed by atoms with E-state index >= 15 is 0 Å². The molecule has 0 unspecified atom stereocenters. The largest absolute Gasteiger partial charge is 0.352 e. The highest BCUT2D eigenvalue weighted by Crippen LogP contribution is 2.30. The Hall–Kier alpha value is -3.03. The number of rotatable bonds is 3. The predicted octanol–water partition coefficient (Wildman–Crippen LogP) is 2.71. The Labute approximate surface area is 168 Å². The normalized spacial score (nSPS) is 17.6. The first kappa shape index (κ1) is 18.0. The van der Waals surface area contributed by atoms with Crippen LogP contribution < -0.4 is 4.90 Å². The van der Waals surface area contributed by atoms with E-state index < -0.39 is 0 Å². The van der Waals surface area contributed by atoms with E-state index in [0.717, 1.165) is 42.8 Å². The summed E-state index contributed by atoms with van der Waals surface area (Å²) < 4.78 is 15.0. The van der Waals surface area contributed by atoms with Gasteiger partial charge in [0.15, 0.2) is 5.65 Å². The summed E-state index contributed by atoms with van der Waals surface area (Å²) in [5.74, 6) is 1.76. The molecule has 7 nitrogen and oxygen atoms in total. The van der Waals surface area contributed by atoms with Crippen LogP contribution in [0.25, 0.3) is 16.7 Å². The van der Waals surface area contributed by atoms with E-state index in [2.05, 4.69) is 20.0 Å². The Morgan fingerprint density at radius 3 is 2.45 bits per heavy atom. The maximum Gasteiger partial charge on any atom is 0.225 e. The second kappa shape index (κ2) is 7.09. The highest BCUT2D eigenvalue weighted by molar-refractivity contribution is 5.88. The number of benzene rings is 1. The summed E-state index contributed by atoms with van der Waals surface area (Å²) >= 11 is 0. The van der Waals surface area contributed by atoms with E-state index in [-0.39, 0.29) is 11.7 Å². The Bertz CT molecular complexity index is 1050. The summed E-state index contributed by atoms with van der Waals surface area (Å²) in [5, 5.41) is 5.34. The first-order chi connectivity index (χ1) is 14.1. The third-order valence-electron chi connectivity index (χ3n) is 5.94. The molecule has 0 bridgehead atoms. The van der Waals surface area contributed by atoms with Gasteiger partial charge < -0.3 is 9.80 Å². The number of piperazine rings is 1. The van der Waals surface area contributed by atoms with E-state index in [1.165, 1.54) is 18.6 Å². The highest BCUT2D eigenvalue weighted by Gasteiger charge is 2.32. The van der Waals surface area contributed by atoms with Gasteiger partial charge >= 0.3 is 0 Å². The zero-order valence-corrected chi connectivity index (χ0v) is 16.4. The van der Waals surface area contributed by atoms with Crippen LogP contribution in [-0.2, 0) is 4.79 Å². The van der Waals surface area contributed by atoms with Crippen molar-refractivity contribution < 1.29 is 9.18 Å². The van der Waals surface area contributed by atoms with Gasteiger partial charge in [-0.05, 0) is 44.0 Å². The Morgan fingerprint density at radius 2 is 1.79 bits per heavy atom. The molecule has 5 rings (SSSR count). The second-order valence-electron chi connectivity index (χ2n) is 7.80. The predicted molar refractivity (Wildman–Crippen MR) is 107 cm³/mol. The maximum atomic E-state index is 13.3. The topological polar surface area (TPSA) is 67.2 Å².